The van der Waals surface area contributed by atoms with Gasteiger partial charge >= 0.3 is 6.61 Å². The third-order valence-electron chi connectivity index (χ3n) is 6.16. The lowest BCUT2D eigenvalue weighted by atomic mass is 9.98. The van der Waals surface area contributed by atoms with E-state index in [4.69, 9.17) is 4.74 Å². The minimum Gasteiger partial charge on any atom is -0.433 e. The quantitative estimate of drug-likeness (QED) is 0.584. The fourth-order valence-corrected chi connectivity index (χ4v) is 4.46. The number of piperidine rings is 1. The van der Waals surface area contributed by atoms with Crippen LogP contribution in [0, 0.1) is 6.92 Å². The van der Waals surface area contributed by atoms with Crippen molar-refractivity contribution in [2.45, 2.75) is 38.6 Å². The van der Waals surface area contributed by atoms with E-state index >= 15 is 0 Å². The molecule has 2 saturated heterocycles. The van der Waals surface area contributed by atoms with E-state index in [0.29, 0.717) is 37.6 Å². The van der Waals surface area contributed by atoms with Gasteiger partial charge in [0, 0.05) is 43.2 Å². The van der Waals surface area contributed by atoms with Crippen LogP contribution in [-0.2, 0) is 16.1 Å². The molecule has 0 bridgehead atoms. The smallest absolute Gasteiger partial charge is 0.387 e. The van der Waals surface area contributed by atoms with Gasteiger partial charge in [-0.05, 0) is 25.1 Å². The summed E-state index contributed by atoms with van der Waals surface area (Å²) in [7, 11) is 0. The average molecular weight is 455 g/mol. The summed E-state index contributed by atoms with van der Waals surface area (Å²) in [6.07, 6.45) is 2.87. The first kappa shape index (κ1) is 21.4. The van der Waals surface area contributed by atoms with Crippen LogP contribution in [0.1, 0.15) is 24.2 Å². The van der Waals surface area contributed by atoms with E-state index in [1.807, 2.05) is 24.3 Å². The lowest BCUT2D eigenvalue weighted by Gasteiger charge is -2.43. The molecule has 4 heterocycles. The molecule has 5 rings (SSSR count). The van der Waals surface area contributed by atoms with Crippen molar-refractivity contribution in [2.75, 3.05) is 24.6 Å². The molecule has 1 spiro atoms. The van der Waals surface area contributed by atoms with Crippen molar-refractivity contribution < 1.29 is 23.0 Å². The molecule has 2 aliphatic rings. The number of nitrogens with zero attached hydrogens (tertiary/aromatic N) is 5. The van der Waals surface area contributed by atoms with Crippen molar-refractivity contribution in [2.24, 2.45) is 0 Å². The predicted molar refractivity (Wildman–Crippen MR) is 116 cm³/mol. The van der Waals surface area contributed by atoms with Crippen LogP contribution in [0.25, 0.3) is 10.9 Å². The van der Waals surface area contributed by atoms with E-state index in [-0.39, 0.29) is 30.5 Å². The van der Waals surface area contributed by atoms with Gasteiger partial charge in [-0.15, -0.1) is 0 Å². The summed E-state index contributed by atoms with van der Waals surface area (Å²) in [6, 6.07) is 10.8. The normalized spacial score (nSPS) is 18.0. The molecule has 33 heavy (non-hydrogen) atoms. The van der Waals surface area contributed by atoms with E-state index in [1.54, 1.807) is 24.1 Å². The van der Waals surface area contributed by atoms with Crippen LogP contribution in [-0.4, -0.2) is 57.8 Å². The van der Waals surface area contributed by atoms with E-state index in [0.717, 1.165) is 10.9 Å². The summed E-state index contributed by atoms with van der Waals surface area (Å²) in [4.78, 5) is 29.9. The van der Waals surface area contributed by atoms with Crippen LogP contribution in [0.5, 0.6) is 5.75 Å². The maximum absolute atomic E-state index is 12.9. The van der Waals surface area contributed by atoms with Gasteiger partial charge in [0.2, 0.25) is 5.95 Å². The van der Waals surface area contributed by atoms with Crippen molar-refractivity contribution in [3.63, 3.8) is 0 Å². The Hall–Kier alpha value is -3.40. The van der Waals surface area contributed by atoms with E-state index in [2.05, 4.69) is 24.6 Å². The Morgan fingerprint density at radius 1 is 1.15 bits per heavy atom. The summed E-state index contributed by atoms with van der Waals surface area (Å²) in [6.45, 7) is -0.0558. The van der Waals surface area contributed by atoms with E-state index < -0.39 is 12.3 Å². The predicted octanol–water partition coefficient (Wildman–Crippen LogP) is 3.29. The number of anilines is 1. The van der Waals surface area contributed by atoms with Gasteiger partial charge in [-0.2, -0.15) is 8.78 Å². The third-order valence-corrected chi connectivity index (χ3v) is 6.16. The number of benzene rings is 1. The second kappa shape index (κ2) is 8.51. The second-order valence-electron chi connectivity index (χ2n) is 8.21. The van der Waals surface area contributed by atoms with Crippen LogP contribution in [0.15, 0.2) is 42.6 Å². The molecule has 2 aromatic heterocycles. The number of hydrogen-bond donors (Lipinski definition) is 0. The third kappa shape index (κ3) is 4.18. The standard InChI is InChI=1S/C23H23F2N5O3/c1-15-6-7-19(33-21(24)25)18(27-15)13-30-20(31)14-32-23(30)8-10-29(11-9-23)22-26-12-16-4-2-3-5-17(16)28-22/h2-7,12,21H,8-11,13-14H2,1H3. The molecule has 0 atom stereocenters. The molecule has 1 amide bonds. The molecule has 10 heteroatoms. The number of para-hydroxylation sites is 1. The second-order valence-corrected chi connectivity index (χ2v) is 8.21. The van der Waals surface area contributed by atoms with Gasteiger partial charge in [0.1, 0.15) is 23.8 Å². The maximum atomic E-state index is 12.9. The van der Waals surface area contributed by atoms with E-state index in [1.165, 1.54) is 6.07 Å². The van der Waals surface area contributed by atoms with Crippen LogP contribution in [0.4, 0.5) is 14.7 Å². The van der Waals surface area contributed by atoms with E-state index in [9.17, 15) is 13.6 Å². The molecular weight excluding hydrogens is 432 g/mol. The zero-order valence-corrected chi connectivity index (χ0v) is 18.1. The number of rotatable bonds is 5. The van der Waals surface area contributed by atoms with Gasteiger partial charge in [-0.1, -0.05) is 18.2 Å². The lowest BCUT2D eigenvalue weighted by molar-refractivity contribution is -0.138. The molecule has 2 fully saturated rings. The van der Waals surface area contributed by atoms with Gasteiger partial charge in [0.25, 0.3) is 5.91 Å². The minimum absolute atomic E-state index is 0.0348. The molecule has 3 aromatic rings. The van der Waals surface area contributed by atoms with Crippen molar-refractivity contribution in [3.8, 4) is 5.75 Å². The highest BCUT2D eigenvalue weighted by atomic mass is 19.3. The molecule has 0 N–H and O–H groups in total. The summed E-state index contributed by atoms with van der Waals surface area (Å²) in [5.74, 6) is 0.400. The number of pyridine rings is 1. The first-order chi connectivity index (χ1) is 15.9. The number of alkyl halides is 2. The largest absolute Gasteiger partial charge is 0.433 e. The molecule has 1 aromatic carbocycles. The zero-order chi connectivity index (χ0) is 23.0. The van der Waals surface area contributed by atoms with Gasteiger partial charge < -0.3 is 19.3 Å². The van der Waals surface area contributed by atoms with Crippen LogP contribution in [0.3, 0.4) is 0 Å². The fourth-order valence-electron chi connectivity index (χ4n) is 4.46. The number of ether oxygens (including phenoxy) is 2. The van der Waals surface area contributed by atoms with Gasteiger partial charge in [-0.25, -0.2) is 9.97 Å². The monoisotopic (exact) mass is 455 g/mol. The van der Waals surface area contributed by atoms with Crippen LogP contribution < -0.4 is 9.64 Å². The molecule has 172 valence electrons. The maximum Gasteiger partial charge on any atom is 0.387 e. The number of carbonyl (C=O) groups excluding carboxylic acids is 1. The molecule has 0 radical (unpaired) electrons. The summed E-state index contributed by atoms with van der Waals surface area (Å²) in [5, 5.41) is 0.970. The number of carbonyl (C=O) groups is 1. The topological polar surface area (TPSA) is 80.7 Å². The zero-order valence-electron chi connectivity index (χ0n) is 18.1. The van der Waals surface area contributed by atoms with Gasteiger partial charge in [0.15, 0.2) is 0 Å². The Morgan fingerprint density at radius 3 is 2.73 bits per heavy atom. The highest BCUT2D eigenvalue weighted by Gasteiger charge is 2.49. The molecule has 0 saturated carbocycles. The Labute approximate surface area is 189 Å². The Kier molecular flexibility index (Phi) is 5.53. The van der Waals surface area contributed by atoms with Crippen molar-refractivity contribution in [3.05, 3.63) is 54.0 Å². The molecule has 0 aliphatic carbocycles. The fraction of sp³-hybridized carbons (Fsp3) is 0.391. The highest BCUT2D eigenvalue weighted by molar-refractivity contribution is 5.80. The van der Waals surface area contributed by atoms with Crippen molar-refractivity contribution in [1.82, 2.24) is 19.9 Å². The summed E-state index contributed by atoms with van der Waals surface area (Å²) in [5.41, 5.74) is 0.983. The number of halogens is 2. The Bertz CT molecular complexity index is 1180. The van der Waals surface area contributed by atoms with Crippen LogP contribution >= 0.6 is 0 Å². The Balaban J connectivity index is 1.35. The number of aryl methyl sites for hydroxylation is 1. The number of hydrogen-bond acceptors (Lipinski definition) is 7. The van der Waals surface area contributed by atoms with Crippen molar-refractivity contribution >= 4 is 22.8 Å². The Morgan fingerprint density at radius 2 is 1.94 bits per heavy atom. The summed E-state index contributed by atoms with van der Waals surface area (Å²) >= 11 is 0. The average Bonchev–Trinajstić information content (AvgIpc) is 3.10. The number of aromatic nitrogens is 3. The van der Waals surface area contributed by atoms with Crippen molar-refractivity contribution in [1.29, 1.82) is 0 Å². The minimum atomic E-state index is -2.97. The van der Waals surface area contributed by atoms with Gasteiger partial charge in [-0.3, -0.25) is 9.78 Å². The number of amides is 1. The first-order valence-electron chi connectivity index (χ1n) is 10.8. The molecule has 8 nitrogen and oxygen atoms in total. The summed E-state index contributed by atoms with van der Waals surface area (Å²) < 4.78 is 36.3. The first-order valence-corrected chi connectivity index (χ1v) is 10.8. The van der Waals surface area contributed by atoms with Gasteiger partial charge in [0.05, 0.1) is 12.1 Å². The SMILES string of the molecule is Cc1ccc(OC(F)F)c(CN2C(=O)COC23CCN(c2ncc4ccccc4n2)CC3)n1. The molecule has 2 aliphatic heterocycles. The molecular formula is C23H23F2N5O3. The highest BCUT2D eigenvalue weighted by Crippen LogP contribution is 2.37. The number of fused-ring (bicyclic) bond motifs is 1. The lowest BCUT2D eigenvalue weighted by Crippen LogP contribution is -2.54. The van der Waals surface area contributed by atoms with Crippen LogP contribution in [0.2, 0.25) is 0 Å². The molecule has 0 unspecified atom stereocenters.